The van der Waals surface area contributed by atoms with E-state index in [1.807, 2.05) is 4.57 Å². The van der Waals surface area contributed by atoms with E-state index in [1.54, 1.807) is 47.0 Å². The van der Waals surface area contributed by atoms with Crippen LogP contribution in [0.3, 0.4) is 0 Å². The van der Waals surface area contributed by atoms with Gasteiger partial charge in [0.15, 0.2) is 26.7 Å². The predicted molar refractivity (Wildman–Crippen MR) is 91.0 cm³/mol. The van der Waals surface area contributed by atoms with Crippen molar-refractivity contribution >= 4 is 20.0 Å². The van der Waals surface area contributed by atoms with Gasteiger partial charge in [-0.15, -0.1) is 0 Å². The Hall–Kier alpha value is -2.35. The monoisotopic (exact) mass is 539 g/mol. The maximum Gasteiger partial charge on any atom is 0.480 e. The lowest BCUT2D eigenvalue weighted by atomic mass is 10.4. The van der Waals surface area contributed by atoms with Gasteiger partial charge in [-0.3, -0.25) is 0 Å². The Morgan fingerprint density at radius 2 is 1.45 bits per heavy atom. The molecular weight excluding hydrogens is 525 g/mol. The SMILES string of the molecule is Cc1n(CCC(F)(F)F)cc[n+]1Cn1cccn1.O=S(=O)([N-]S(=O)(=O)C(F)(F)F)C(F)(F)F. The Bertz CT molecular complexity index is 1080. The molecule has 2 aromatic heterocycles. The zero-order chi connectivity index (χ0) is 25.9. The lowest BCUT2D eigenvalue weighted by Gasteiger charge is -2.22. The Morgan fingerprint density at radius 1 is 0.939 bits per heavy atom. The summed E-state index contributed by atoms with van der Waals surface area (Å²) in [6.45, 7) is 2.24. The molecule has 33 heavy (non-hydrogen) atoms. The second-order valence-corrected chi connectivity index (χ2v) is 9.40. The van der Waals surface area contributed by atoms with Crippen LogP contribution in [0.15, 0.2) is 30.9 Å². The van der Waals surface area contributed by atoms with Crippen molar-refractivity contribution in [1.29, 1.82) is 0 Å². The zero-order valence-electron chi connectivity index (χ0n) is 16.1. The summed E-state index contributed by atoms with van der Waals surface area (Å²) < 4.78 is 151. The molecule has 0 saturated carbocycles. The molecule has 0 saturated heterocycles. The van der Waals surface area contributed by atoms with Gasteiger partial charge in [-0.05, 0) is 6.07 Å². The van der Waals surface area contributed by atoms with Crippen molar-refractivity contribution < 1.29 is 60.9 Å². The van der Waals surface area contributed by atoms with Gasteiger partial charge in [-0.2, -0.15) is 44.6 Å². The maximum absolute atomic E-state index is 12.2. The van der Waals surface area contributed by atoms with Crippen LogP contribution in [-0.2, 0) is 33.3 Å². The second kappa shape index (κ2) is 9.87. The second-order valence-electron chi connectivity index (χ2n) is 5.98. The lowest BCUT2D eigenvalue weighted by molar-refractivity contribution is -0.708. The largest absolute Gasteiger partial charge is 0.480 e. The fourth-order valence-electron chi connectivity index (χ4n) is 1.93. The molecule has 0 fully saturated rings. The highest BCUT2D eigenvalue weighted by molar-refractivity contribution is 8.13. The molecular formula is C13H14F9N5O4S2. The summed E-state index contributed by atoms with van der Waals surface area (Å²) in [7, 11) is -13.4. The van der Waals surface area contributed by atoms with Gasteiger partial charge in [0.25, 0.3) is 5.82 Å². The molecule has 0 aliphatic carbocycles. The third-order valence-electron chi connectivity index (χ3n) is 3.53. The number of sulfonamides is 2. The van der Waals surface area contributed by atoms with Crippen molar-refractivity contribution in [2.75, 3.05) is 0 Å². The van der Waals surface area contributed by atoms with Crippen LogP contribution in [0.5, 0.6) is 0 Å². The summed E-state index contributed by atoms with van der Waals surface area (Å²) in [4.78, 5) is 0. The molecule has 190 valence electrons. The van der Waals surface area contributed by atoms with Crippen molar-refractivity contribution in [3.8, 4) is 0 Å². The minimum absolute atomic E-state index is 0.0541. The first-order chi connectivity index (χ1) is 14.7. The van der Waals surface area contributed by atoms with Crippen molar-refractivity contribution in [3.05, 3.63) is 40.8 Å². The number of hydrogen-bond donors (Lipinski definition) is 0. The smallest absolute Gasteiger partial charge is 0.421 e. The Morgan fingerprint density at radius 3 is 1.85 bits per heavy atom. The summed E-state index contributed by atoms with van der Waals surface area (Å²) in [5, 5.41) is 4.05. The number of imidazole rings is 1. The van der Waals surface area contributed by atoms with Crippen molar-refractivity contribution in [2.24, 2.45) is 0 Å². The fourth-order valence-corrected chi connectivity index (χ4v) is 3.64. The number of hydrogen-bond acceptors (Lipinski definition) is 5. The first-order valence-corrected chi connectivity index (χ1v) is 11.0. The number of alkyl halides is 9. The molecule has 0 radical (unpaired) electrons. The van der Waals surface area contributed by atoms with Gasteiger partial charge in [-0.25, -0.2) is 30.7 Å². The van der Waals surface area contributed by atoms with Gasteiger partial charge in [0.2, 0.25) is 0 Å². The van der Waals surface area contributed by atoms with E-state index < -0.39 is 43.7 Å². The Kier molecular flexibility index (Phi) is 8.58. The van der Waals surface area contributed by atoms with E-state index >= 15 is 0 Å². The minimum atomic E-state index is -6.72. The number of aryl methyl sites for hydroxylation is 1. The zero-order valence-corrected chi connectivity index (χ0v) is 17.7. The number of nitrogens with zero attached hydrogens (tertiary/aromatic N) is 5. The van der Waals surface area contributed by atoms with Crippen LogP contribution < -0.4 is 4.57 Å². The van der Waals surface area contributed by atoms with E-state index in [-0.39, 0.29) is 6.54 Å². The fraction of sp³-hybridized carbons (Fsp3) is 0.538. The van der Waals surface area contributed by atoms with Crippen LogP contribution in [0, 0.1) is 6.92 Å². The summed E-state index contributed by atoms with van der Waals surface area (Å²) in [6.07, 6.45) is 1.95. The molecule has 0 unspecified atom stereocenters. The number of halogens is 9. The molecule has 0 amide bonds. The summed E-state index contributed by atoms with van der Waals surface area (Å²) in [5.74, 6) is 0.773. The Balaban J connectivity index is 0.000000337. The molecule has 0 atom stereocenters. The summed E-state index contributed by atoms with van der Waals surface area (Å²) in [5.41, 5.74) is -12.4. The van der Waals surface area contributed by atoms with Gasteiger partial charge in [0.1, 0.15) is 12.4 Å². The molecule has 2 rings (SSSR count). The van der Waals surface area contributed by atoms with E-state index in [0.29, 0.717) is 6.67 Å². The quantitative estimate of drug-likeness (QED) is 0.415. The van der Waals surface area contributed by atoms with Crippen LogP contribution in [0.2, 0.25) is 0 Å². The van der Waals surface area contributed by atoms with Gasteiger partial charge in [-0.1, -0.05) is 0 Å². The molecule has 0 aromatic carbocycles. The van der Waals surface area contributed by atoms with Gasteiger partial charge >= 0.3 is 17.2 Å². The third kappa shape index (κ3) is 8.50. The summed E-state index contributed by atoms with van der Waals surface area (Å²) in [6, 6.07) is 1.80. The normalized spacial score (nSPS) is 13.5. The number of aromatic nitrogens is 4. The van der Waals surface area contributed by atoms with Gasteiger partial charge in [0.05, 0.1) is 13.0 Å². The van der Waals surface area contributed by atoms with Crippen LogP contribution in [0.1, 0.15) is 12.2 Å². The van der Waals surface area contributed by atoms with Gasteiger partial charge in [0, 0.05) is 19.3 Å². The lowest BCUT2D eigenvalue weighted by Crippen LogP contribution is -2.39. The highest BCUT2D eigenvalue weighted by atomic mass is 32.3. The Labute approximate surface area is 180 Å². The van der Waals surface area contributed by atoms with E-state index in [2.05, 4.69) is 5.10 Å². The first-order valence-electron chi connectivity index (χ1n) is 8.12. The van der Waals surface area contributed by atoms with E-state index in [4.69, 9.17) is 0 Å². The highest BCUT2D eigenvalue weighted by Crippen LogP contribution is 2.36. The van der Waals surface area contributed by atoms with Crippen molar-refractivity contribution in [1.82, 2.24) is 14.3 Å². The van der Waals surface area contributed by atoms with Crippen LogP contribution >= 0.6 is 0 Å². The van der Waals surface area contributed by atoms with Crippen LogP contribution in [-0.4, -0.2) is 48.4 Å². The van der Waals surface area contributed by atoms with Crippen molar-refractivity contribution in [3.63, 3.8) is 0 Å². The average molecular weight is 539 g/mol. The predicted octanol–water partition coefficient (Wildman–Crippen LogP) is 2.80. The van der Waals surface area contributed by atoms with E-state index in [9.17, 15) is 56.3 Å². The van der Waals surface area contributed by atoms with Crippen LogP contribution in [0.4, 0.5) is 39.5 Å². The molecule has 2 heterocycles. The third-order valence-corrected chi connectivity index (χ3v) is 6.27. The standard InChI is InChI=1S/C11H14F3N4.C2F6NO4S2/c1-10-16(6-3-11(12,13)14)7-8-17(10)9-18-5-2-4-15-18;3-1(4,5)14(10,11)9-15(12,13)2(6,7)8/h2,4-5,7-8H,3,6,9H2,1H3;/q+1;-1. The molecule has 0 aliphatic rings. The molecule has 0 spiro atoms. The van der Waals surface area contributed by atoms with E-state index in [0.717, 1.165) is 9.95 Å². The average Bonchev–Trinajstić information content (AvgIpc) is 3.21. The topological polar surface area (TPSA) is 109 Å². The molecule has 0 aliphatic heterocycles. The molecule has 0 N–H and O–H groups in total. The van der Waals surface area contributed by atoms with Gasteiger partial charge < -0.3 is 4.13 Å². The minimum Gasteiger partial charge on any atom is -0.421 e. The van der Waals surface area contributed by atoms with Crippen LogP contribution in [0.25, 0.3) is 4.13 Å². The molecule has 0 bridgehead atoms. The van der Waals surface area contributed by atoms with Crippen molar-refractivity contribution in [2.45, 2.75) is 43.8 Å². The first kappa shape index (κ1) is 28.7. The molecule has 9 nitrogen and oxygen atoms in total. The van der Waals surface area contributed by atoms with E-state index in [1.165, 1.54) is 0 Å². The summed E-state index contributed by atoms with van der Waals surface area (Å²) >= 11 is 0. The number of rotatable bonds is 6. The molecule has 20 heteroatoms. The highest BCUT2D eigenvalue weighted by Gasteiger charge is 2.46. The maximum atomic E-state index is 12.2. The molecule has 2 aromatic rings.